The number of ether oxygens (including phenoxy) is 3. The van der Waals surface area contributed by atoms with Crippen molar-refractivity contribution in [1.29, 1.82) is 0 Å². The van der Waals surface area contributed by atoms with Crippen molar-refractivity contribution in [2.24, 2.45) is 5.73 Å². The molecule has 7 nitrogen and oxygen atoms in total. The first kappa shape index (κ1) is 19.8. The molecule has 0 saturated heterocycles. The molecule has 0 heterocycles. The van der Waals surface area contributed by atoms with Gasteiger partial charge in [-0.15, -0.1) is 0 Å². The van der Waals surface area contributed by atoms with Gasteiger partial charge in [0.15, 0.2) is 11.5 Å². The number of benzene rings is 2. The van der Waals surface area contributed by atoms with Crippen LogP contribution in [0.5, 0.6) is 17.2 Å². The van der Waals surface area contributed by atoms with Crippen molar-refractivity contribution in [2.75, 3.05) is 26.1 Å². The Labute approximate surface area is 157 Å². The van der Waals surface area contributed by atoms with Crippen LogP contribution in [0.2, 0.25) is 0 Å². The predicted octanol–water partition coefficient (Wildman–Crippen LogP) is 2.85. The Balaban J connectivity index is 2.16. The van der Waals surface area contributed by atoms with Gasteiger partial charge in [0.25, 0.3) is 0 Å². The molecule has 2 amide bonds. The zero-order valence-electron chi connectivity index (χ0n) is 15.4. The fraction of sp³-hybridized carbons (Fsp3) is 0.200. The molecular weight excluding hydrogens is 348 g/mol. The van der Waals surface area contributed by atoms with Crippen molar-refractivity contribution in [2.45, 2.75) is 6.92 Å². The van der Waals surface area contributed by atoms with Crippen LogP contribution in [0, 0.1) is 0 Å². The zero-order valence-corrected chi connectivity index (χ0v) is 15.4. The number of amides is 2. The van der Waals surface area contributed by atoms with Crippen molar-refractivity contribution < 1.29 is 23.8 Å². The molecule has 0 saturated carbocycles. The van der Waals surface area contributed by atoms with E-state index in [9.17, 15) is 9.59 Å². The summed E-state index contributed by atoms with van der Waals surface area (Å²) < 4.78 is 15.9. The number of nitrogens with two attached hydrogens (primary N) is 1. The monoisotopic (exact) mass is 370 g/mol. The molecule has 2 rings (SSSR count). The molecule has 0 atom stereocenters. The van der Waals surface area contributed by atoms with Gasteiger partial charge in [-0.1, -0.05) is 6.07 Å². The Hall–Kier alpha value is -3.48. The predicted molar refractivity (Wildman–Crippen MR) is 103 cm³/mol. The second kappa shape index (κ2) is 9.28. The Morgan fingerprint density at radius 3 is 2.37 bits per heavy atom. The molecule has 0 unspecified atom stereocenters. The second-order valence-corrected chi connectivity index (χ2v) is 5.45. The molecule has 27 heavy (non-hydrogen) atoms. The highest BCUT2D eigenvalue weighted by atomic mass is 16.5. The highest BCUT2D eigenvalue weighted by molar-refractivity contribution is 6.04. The lowest BCUT2D eigenvalue weighted by Crippen LogP contribution is -2.13. The summed E-state index contributed by atoms with van der Waals surface area (Å²) in [4.78, 5) is 23.5. The molecule has 3 N–H and O–H groups in total. The van der Waals surface area contributed by atoms with Crippen molar-refractivity contribution in [3.63, 3.8) is 0 Å². The SMILES string of the molecule is CCOc1ccc(C=CC(=O)Nc2cc(C(N)=O)ccc2OC)cc1OC. The van der Waals surface area contributed by atoms with Crippen LogP contribution in [0.25, 0.3) is 6.08 Å². The number of nitrogens with one attached hydrogen (secondary N) is 1. The average molecular weight is 370 g/mol. The van der Waals surface area contributed by atoms with Crippen molar-refractivity contribution in [3.05, 3.63) is 53.6 Å². The van der Waals surface area contributed by atoms with Crippen molar-refractivity contribution >= 4 is 23.6 Å². The van der Waals surface area contributed by atoms with E-state index in [-0.39, 0.29) is 11.5 Å². The van der Waals surface area contributed by atoms with Gasteiger partial charge >= 0.3 is 0 Å². The summed E-state index contributed by atoms with van der Waals surface area (Å²) >= 11 is 0. The van der Waals surface area contributed by atoms with E-state index >= 15 is 0 Å². The van der Waals surface area contributed by atoms with Crippen LogP contribution in [0.15, 0.2) is 42.5 Å². The molecule has 0 aliphatic rings. The fourth-order valence-electron chi connectivity index (χ4n) is 2.37. The summed E-state index contributed by atoms with van der Waals surface area (Å²) in [5.74, 6) is 0.655. The summed E-state index contributed by atoms with van der Waals surface area (Å²) in [7, 11) is 3.02. The maximum Gasteiger partial charge on any atom is 0.248 e. The number of rotatable bonds is 8. The Bertz CT molecular complexity index is 861. The van der Waals surface area contributed by atoms with Gasteiger partial charge < -0.3 is 25.3 Å². The van der Waals surface area contributed by atoms with E-state index < -0.39 is 5.91 Å². The molecule has 0 radical (unpaired) electrons. The first-order valence-corrected chi connectivity index (χ1v) is 8.26. The number of primary amides is 1. The standard InChI is InChI=1S/C20H22N2O5/c1-4-27-17-8-5-13(11-18(17)26-3)6-10-19(23)22-15-12-14(20(21)24)7-9-16(15)25-2/h5-12H,4H2,1-3H3,(H2,21,24)(H,22,23). The molecule has 2 aromatic rings. The molecule has 142 valence electrons. The Kier molecular flexibility index (Phi) is 6.82. The van der Waals surface area contributed by atoms with Crippen LogP contribution >= 0.6 is 0 Å². The smallest absolute Gasteiger partial charge is 0.248 e. The van der Waals surface area contributed by atoms with Gasteiger partial charge in [-0.25, -0.2) is 0 Å². The largest absolute Gasteiger partial charge is 0.495 e. The minimum atomic E-state index is -0.592. The van der Waals surface area contributed by atoms with E-state index in [1.54, 1.807) is 31.4 Å². The first-order chi connectivity index (χ1) is 13.0. The molecule has 0 aromatic heterocycles. The summed E-state index contributed by atoms with van der Waals surface area (Å²) in [6.45, 7) is 2.42. The van der Waals surface area contributed by atoms with Gasteiger partial charge in [0.2, 0.25) is 11.8 Å². The molecule has 0 fully saturated rings. The molecule has 0 bridgehead atoms. The van der Waals surface area contributed by atoms with Gasteiger partial charge in [-0.3, -0.25) is 9.59 Å². The van der Waals surface area contributed by atoms with E-state index in [2.05, 4.69) is 5.32 Å². The van der Waals surface area contributed by atoms with Gasteiger partial charge in [0.1, 0.15) is 5.75 Å². The lowest BCUT2D eigenvalue weighted by molar-refractivity contribution is -0.111. The molecular formula is C20H22N2O5. The molecule has 0 aliphatic carbocycles. The van der Waals surface area contributed by atoms with E-state index in [1.807, 2.05) is 13.0 Å². The van der Waals surface area contributed by atoms with Crippen LogP contribution in [-0.4, -0.2) is 32.6 Å². The van der Waals surface area contributed by atoms with Crippen molar-refractivity contribution in [3.8, 4) is 17.2 Å². The van der Waals surface area contributed by atoms with E-state index in [0.29, 0.717) is 29.5 Å². The fourth-order valence-corrected chi connectivity index (χ4v) is 2.37. The normalized spacial score (nSPS) is 10.5. The highest BCUT2D eigenvalue weighted by Crippen LogP contribution is 2.29. The number of anilines is 1. The number of carbonyl (C=O) groups excluding carboxylic acids is 2. The number of methoxy groups -OCH3 is 2. The third kappa shape index (κ3) is 5.24. The third-order valence-corrected chi connectivity index (χ3v) is 3.66. The molecule has 0 aliphatic heterocycles. The van der Waals surface area contributed by atoms with Crippen molar-refractivity contribution in [1.82, 2.24) is 0 Å². The maximum absolute atomic E-state index is 12.2. The zero-order chi connectivity index (χ0) is 19.8. The third-order valence-electron chi connectivity index (χ3n) is 3.66. The number of hydrogen-bond acceptors (Lipinski definition) is 5. The van der Waals surface area contributed by atoms with Crippen LogP contribution in [0.3, 0.4) is 0 Å². The van der Waals surface area contributed by atoms with Gasteiger partial charge in [-0.05, 0) is 48.9 Å². The minimum Gasteiger partial charge on any atom is -0.495 e. The van der Waals surface area contributed by atoms with Crippen LogP contribution in [0.1, 0.15) is 22.8 Å². The lowest BCUT2D eigenvalue weighted by Gasteiger charge is -2.10. The Morgan fingerprint density at radius 1 is 1.04 bits per heavy atom. The summed E-state index contributed by atoms with van der Waals surface area (Å²) in [6, 6.07) is 9.91. The van der Waals surface area contributed by atoms with E-state index in [0.717, 1.165) is 5.56 Å². The molecule has 0 spiro atoms. The molecule has 2 aromatic carbocycles. The Morgan fingerprint density at radius 2 is 1.74 bits per heavy atom. The number of hydrogen-bond donors (Lipinski definition) is 2. The summed E-state index contributed by atoms with van der Waals surface area (Å²) in [6.07, 6.45) is 3.00. The van der Waals surface area contributed by atoms with Gasteiger partial charge in [0.05, 0.1) is 26.5 Å². The maximum atomic E-state index is 12.2. The lowest BCUT2D eigenvalue weighted by atomic mass is 10.1. The second-order valence-electron chi connectivity index (χ2n) is 5.45. The van der Waals surface area contributed by atoms with Gasteiger partial charge in [-0.2, -0.15) is 0 Å². The average Bonchev–Trinajstić information content (AvgIpc) is 2.67. The summed E-state index contributed by atoms with van der Waals surface area (Å²) in [5, 5.41) is 2.67. The van der Waals surface area contributed by atoms with E-state index in [4.69, 9.17) is 19.9 Å². The van der Waals surface area contributed by atoms with Crippen LogP contribution in [0.4, 0.5) is 5.69 Å². The van der Waals surface area contributed by atoms with E-state index in [1.165, 1.54) is 25.3 Å². The van der Waals surface area contributed by atoms with Crippen LogP contribution in [-0.2, 0) is 4.79 Å². The minimum absolute atomic E-state index is 0.270. The first-order valence-electron chi connectivity index (χ1n) is 8.26. The number of carbonyl (C=O) groups is 2. The topological polar surface area (TPSA) is 99.9 Å². The quantitative estimate of drug-likeness (QED) is 0.696. The van der Waals surface area contributed by atoms with Gasteiger partial charge in [0, 0.05) is 11.6 Å². The highest BCUT2D eigenvalue weighted by Gasteiger charge is 2.10. The summed E-state index contributed by atoms with van der Waals surface area (Å²) in [5.41, 5.74) is 6.66. The molecule has 7 heteroatoms. The van der Waals surface area contributed by atoms with Crippen LogP contribution < -0.4 is 25.3 Å².